The van der Waals surface area contributed by atoms with Gasteiger partial charge in [-0.15, -0.1) is 0 Å². The van der Waals surface area contributed by atoms with Crippen molar-refractivity contribution in [3.63, 3.8) is 0 Å². The monoisotopic (exact) mass is 663 g/mol. The van der Waals surface area contributed by atoms with Gasteiger partial charge < -0.3 is 29.8 Å². The molecular weight excluding hydrogens is 618 g/mol. The first-order chi connectivity index (χ1) is 23.7. The number of imidazole rings is 2. The lowest BCUT2D eigenvalue weighted by molar-refractivity contribution is -0.136. The molecule has 0 unspecified atom stereocenters. The van der Waals surface area contributed by atoms with E-state index in [0.29, 0.717) is 6.54 Å². The Bertz CT molecular complexity index is 1880. The Labute approximate surface area is 287 Å². The third kappa shape index (κ3) is 7.19. The summed E-state index contributed by atoms with van der Waals surface area (Å²) < 4.78 is 4.74. The van der Waals surface area contributed by atoms with Crippen LogP contribution in [-0.4, -0.2) is 73.9 Å². The van der Waals surface area contributed by atoms with Crippen molar-refractivity contribution in [2.24, 2.45) is 11.8 Å². The second kappa shape index (κ2) is 14.6. The van der Waals surface area contributed by atoms with Crippen LogP contribution in [0.5, 0.6) is 0 Å². The zero-order valence-electron chi connectivity index (χ0n) is 28.9. The van der Waals surface area contributed by atoms with E-state index in [4.69, 9.17) is 14.7 Å². The van der Waals surface area contributed by atoms with Crippen LogP contribution in [0.2, 0.25) is 0 Å². The first-order valence-electron chi connectivity index (χ1n) is 17.3. The number of carbonyl (C=O) groups is 3. The number of benzene rings is 2. The van der Waals surface area contributed by atoms with Crippen LogP contribution in [0.15, 0.2) is 48.7 Å². The summed E-state index contributed by atoms with van der Waals surface area (Å²) in [6.07, 6.45) is 5.62. The Morgan fingerprint density at radius 2 is 1.57 bits per heavy atom. The molecule has 2 aromatic heterocycles. The summed E-state index contributed by atoms with van der Waals surface area (Å²) in [7, 11) is 1.29. The minimum atomic E-state index is -0.677. The zero-order chi connectivity index (χ0) is 34.7. The molecule has 0 saturated carbocycles. The molecule has 4 heterocycles. The molecule has 3 N–H and O–H groups in total. The van der Waals surface area contributed by atoms with Crippen LogP contribution in [-0.2, 0) is 14.3 Å². The van der Waals surface area contributed by atoms with Crippen LogP contribution in [0.1, 0.15) is 94.7 Å². The quantitative estimate of drug-likeness (QED) is 0.195. The molecule has 256 valence electrons. The van der Waals surface area contributed by atoms with Crippen molar-refractivity contribution in [3.05, 3.63) is 71.4 Å². The van der Waals surface area contributed by atoms with E-state index in [2.05, 4.69) is 34.0 Å². The van der Waals surface area contributed by atoms with Gasteiger partial charge in [0.25, 0.3) is 0 Å². The second-order valence-electron chi connectivity index (χ2n) is 13.4. The number of aromatic nitrogens is 4. The number of fused-ring (bicyclic) bond motifs is 1. The van der Waals surface area contributed by atoms with Gasteiger partial charge in [0.1, 0.15) is 17.7 Å². The molecule has 4 atom stereocenters. The fraction of sp³-hybridized carbons (Fsp3) is 0.447. The van der Waals surface area contributed by atoms with Crippen LogP contribution in [0.4, 0.5) is 4.79 Å². The highest BCUT2D eigenvalue weighted by Crippen LogP contribution is 2.34. The van der Waals surface area contributed by atoms with Crippen molar-refractivity contribution in [1.82, 2.24) is 35.1 Å². The molecule has 2 aromatic carbocycles. The number of nitrogens with one attached hydrogen (secondary N) is 3. The third-order valence-electron chi connectivity index (χ3n) is 9.76. The number of amides is 3. The van der Waals surface area contributed by atoms with Gasteiger partial charge in [0, 0.05) is 41.9 Å². The number of carbonyl (C=O) groups excluding carboxylic acids is 3. The van der Waals surface area contributed by atoms with Crippen molar-refractivity contribution in [1.29, 1.82) is 0 Å². The molecule has 0 bridgehead atoms. The first kappa shape index (κ1) is 33.8. The van der Waals surface area contributed by atoms with Crippen LogP contribution in [0.3, 0.4) is 0 Å². The Morgan fingerprint density at radius 3 is 2.24 bits per heavy atom. The van der Waals surface area contributed by atoms with Gasteiger partial charge in [-0.2, -0.15) is 0 Å². The van der Waals surface area contributed by atoms with Crippen LogP contribution in [0.25, 0.3) is 22.3 Å². The molecule has 11 heteroatoms. The maximum atomic E-state index is 13.5. The molecular formula is C38H45N7O4. The fourth-order valence-corrected chi connectivity index (χ4v) is 6.75. The summed E-state index contributed by atoms with van der Waals surface area (Å²) in [4.78, 5) is 58.6. The lowest BCUT2D eigenvalue weighted by Gasteiger charge is -2.29. The third-order valence-corrected chi connectivity index (χ3v) is 9.76. The topological polar surface area (TPSA) is 136 Å². The number of nitrogens with zero attached hydrogens (tertiary/aromatic N) is 4. The maximum Gasteiger partial charge on any atom is 0.407 e. The maximum absolute atomic E-state index is 13.5. The molecule has 2 saturated heterocycles. The summed E-state index contributed by atoms with van der Waals surface area (Å²) in [6, 6.07) is 13.0. The molecule has 0 spiro atoms. The van der Waals surface area contributed by atoms with E-state index in [9.17, 15) is 14.4 Å². The number of hydrogen-bond acceptors (Lipinski definition) is 6. The van der Waals surface area contributed by atoms with E-state index in [1.54, 1.807) is 4.90 Å². The van der Waals surface area contributed by atoms with Crippen LogP contribution >= 0.6 is 0 Å². The highest BCUT2D eigenvalue weighted by molar-refractivity contribution is 5.86. The van der Waals surface area contributed by atoms with Gasteiger partial charge in [-0.05, 0) is 68.4 Å². The Hall–Kier alpha value is -5.11. The van der Waals surface area contributed by atoms with Gasteiger partial charge in [-0.25, -0.2) is 14.8 Å². The molecule has 0 aliphatic carbocycles. The summed E-state index contributed by atoms with van der Waals surface area (Å²) >= 11 is 0. The van der Waals surface area contributed by atoms with Gasteiger partial charge in [0.2, 0.25) is 11.8 Å². The average molecular weight is 664 g/mol. The number of ether oxygens (including phenoxy) is 1. The van der Waals surface area contributed by atoms with Crippen molar-refractivity contribution >= 4 is 28.9 Å². The summed E-state index contributed by atoms with van der Waals surface area (Å²) in [6.45, 7) is 9.23. The van der Waals surface area contributed by atoms with E-state index < -0.39 is 12.1 Å². The van der Waals surface area contributed by atoms with E-state index in [-0.39, 0.29) is 35.7 Å². The van der Waals surface area contributed by atoms with E-state index >= 15 is 0 Å². The molecule has 6 rings (SSSR count). The van der Waals surface area contributed by atoms with Gasteiger partial charge >= 0.3 is 6.09 Å². The number of hydrogen-bond donors (Lipinski definition) is 3. The van der Waals surface area contributed by atoms with Crippen LogP contribution < -0.4 is 5.32 Å². The van der Waals surface area contributed by atoms with Gasteiger partial charge in [0.15, 0.2) is 0 Å². The Morgan fingerprint density at radius 1 is 0.918 bits per heavy atom. The molecule has 0 radical (unpaired) electrons. The Balaban J connectivity index is 1.13. The normalized spacial score (nSPS) is 18.7. The summed E-state index contributed by atoms with van der Waals surface area (Å²) in [5.41, 5.74) is 5.24. The predicted molar refractivity (Wildman–Crippen MR) is 187 cm³/mol. The number of alkyl carbamates (subject to hydrolysis) is 1. The molecule has 4 aromatic rings. The molecule has 2 aliphatic heterocycles. The van der Waals surface area contributed by atoms with Crippen molar-refractivity contribution in [2.75, 3.05) is 20.2 Å². The second-order valence-corrected chi connectivity index (χ2v) is 13.4. The van der Waals surface area contributed by atoms with Crippen molar-refractivity contribution < 1.29 is 19.1 Å². The molecule has 2 fully saturated rings. The van der Waals surface area contributed by atoms with Gasteiger partial charge in [0.05, 0.1) is 35.9 Å². The number of H-pyrrole nitrogens is 2. The SMILES string of the molecule is CC[C@H](C)C(=O)N1CCC[C@H]1c1nc2cc(C#Cc3ccc(-c4c[nH]c([C@@H]5CCCN5C(=O)[C@@H](NC(=O)OC)C(C)C)n4)cc3)ccc2[nH]1. The summed E-state index contributed by atoms with van der Waals surface area (Å²) in [5.74, 6) is 8.08. The molecule has 11 nitrogen and oxygen atoms in total. The lowest BCUT2D eigenvalue weighted by Crippen LogP contribution is -2.51. The number of likely N-dealkylation sites (tertiary alicyclic amines) is 2. The van der Waals surface area contributed by atoms with Crippen molar-refractivity contribution in [2.45, 2.75) is 77.9 Å². The van der Waals surface area contributed by atoms with Gasteiger partial charge in [-0.1, -0.05) is 51.7 Å². The van der Waals surface area contributed by atoms with E-state index in [1.807, 2.05) is 74.3 Å². The first-order valence-corrected chi connectivity index (χ1v) is 17.3. The van der Waals surface area contributed by atoms with E-state index in [1.165, 1.54) is 7.11 Å². The minimum Gasteiger partial charge on any atom is -0.453 e. The molecule has 3 amide bonds. The Kier molecular flexibility index (Phi) is 10.0. The minimum absolute atomic E-state index is 0.0136. The lowest BCUT2D eigenvalue weighted by atomic mass is 10.0. The standard InChI is InChI=1S/C38H45N7O4/c1-6-24(4)36(46)44-19-8-10-32(44)35-40-28-18-15-26(21-29(28)41-35)12-11-25-13-16-27(17-14-25)30-22-39-34(42-30)31-9-7-20-45(31)37(47)33(23(2)3)43-38(48)49-5/h13-18,21-24,31-33H,6-10,19-20H2,1-5H3,(H,39,42)(H,40,41)(H,43,48)/t24-,31-,32-,33-/m0/s1. The predicted octanol–water partition coefficient (Wildman–Crippen LogP) is 6.11. The van der Waals surface area contributed by atoms with Crippen LogP contribution in [0, 0.1) is 23.7 Å². The van der Waals surface area contributed by atoms with E-state index in [0.717, 1.165) is 83.7 Å². The summed E-state index contributed by atoms with van der Waals surface area (Å²) in [5, 5.41) is 2.69. The fourth-order valence-electron chi connectivity index (χ4n) is 6.75. The smallest absolute Gasteiger partial charge is 0.407 e. The van der Waals surface area contributed by atoms with Crippen molar-refractivity contribution in [3.8, 4) is 23.1 Å². The largest absolute Gasteiger partial charge is 0.453 e. The zero-order valence-corrected chi connectivity index (χ0v) is 28.9. The average Bonchev–Trinajstić information content (AvgIpc) is 3.94. The van der Waals surface area contributed by atoms with Gasteiger partial charge in [-0.3, -0.25) is 9.59 Å². The number of methoxy groups -OCH3 is 1. The molecule has 2 aliphatic rings. The highest BCUT2D eigenvalue weighted by atomic mass is 16.5. The number of rotatable bonds is 8. The molecule has 49 heavy (non-hydrogen) atoms. The highest BCUT2D eigenvalue weighted by Gasteiger charge is 2.38. The number of aromatic amines is 2.